The fourth-order valence-electron chi connectivity index (χ4n) is 2.91. The Labute approximate surface area is 190 Å². The molecule has 1 heterocycles. The number of piperazine rings is 1. The van der Waals surface area contributed by atoms with Gasteiger partial charge in [0.25, 0.3) is 5.91 Å². The minimum Gasteiger partial charge on any atom is -0.497 e. The van der Waals surface area contributed by atoms with Crippen molar-refractivity contribution in [2.75, 3.05) is 39.9 Å². The summed E-state index contributed by atoms with van der Waals surface area (Å²) in [6, 6.07) is 15.1. The predicted octanol–water partition coefficient (Wildman–Crippen LogP) is 2.23. The van der Waals surface area contributed by atoms with Gasteiger partial charge in [-0.15, -0.1) is 0 Å². The van der Waals surface area contributed by atoms with Crippen molar-refractivity contribution in [1.82, 2.24) is 9.80 Å². The number of carbonyl (C=O) groups is 3. The number of aliphatic carboxylic acids is 2. The lowest BCUT2D eigenvalue weighted by Crippen LogP contribution is -2.49. The first-order valence-corrected chi connectivity index (χ1v) is 10.1. The number of benzene rings is 2. The average Bonchev–Trinajstić information content (AvgIpc) is 2.80. The Morgan fingerprint density at radius 1 is 0.875 bits per heavy atom. The Balaban J connectivity index is 0.000000534. The molecule has 0 radical (unpaired) electrons. The fraction of sp³-hybridized carbons (Fsp3) is 0.318. The highest BCUT2D eigenvalue weighted by atomic mass is 35.5. The molecule has 0 spiro atoms. The molecule has 2 aromatic carbocycles. The van der Waals surface area contributed by atoms with Crippen molar-refractivity contribution in [2.45, 2.75) is 6.54 Å². The number of carbonyl (C=O) groups excluding carboxylic acids is 1. The van der Waals surface area contributed by atoms with Gasteiger partial charge in [-0.2, -0.15) is 0 Å². The first-order chi connectivity index (χ1) is 15.3. The maximum atomic E-state index is 12.3. The van der Waals surface area contributed by atoms with E-state index in [1.807, 2.05) is 41.3 Å². The molecule has 1 aliphatic rings. The molecule has 2 aromatic rings. The summed E-state index contributed by atoms with van der Waals surface area (Å²) >= 11 is 5.92. The minimum absolute atomic E-state index is 0.0203. The maximum Gasteiger partial charge on any atom is 0.414 e. The number of nitrogens with zero attached hydrogens (tertiary/aromatic N) is 2. The summed E-state index contributed by atoms with van der Waals surface area (Å²) in [4.78, 5) is 34.7. The van der Waals surface area contributed by atoms with Crippen LogP contribution in [0.4, 0.5) is 0 Å². The highest BCUT2D eigenvalue weighted by molar-refractivity contribution is 6.30. The molecule has 0 unspecified atom stereocenters. The van der Waals surface area contributed by atoms with E-state index in [-0.39, 0.29) is 12.5 Å². The molecule has 0 aromatic heterocycles. The number of methoxy groups -OCH3 is 1. The third-order valence-corrected chi connectivity index (χ3v) is 4.90. The Morgan fingerprint density at radius 2 is 1.41 bits per heavy atom. The number of carboxylic acid groups (broad SMARTS) is 2. The number of carboxylic acids is 2. The van der Waals surface area contributed by atoms with Crippen LogP contribution in [0.15, 0.2) is 48.5 Å². The van der Waals surface area contributed by atoms with Gasteiger partial charge in [0.1, 0.15) is 11.5 Å². The summed E-state index contributed by atoms with van der Waals surface area (Å²) in [5.41, 5.74) is 1.23. The first kappa shape index (κ1) is 25.0. The van der Waals surface area contributed by atoms with Gasteiger partial charge in [0, 0.05) is 37.7 Å². The van der Waals surface area contributed by atoms with Gasteiger partial charge in [-0.05, 0) is 42.0 Å². The normalized spacial score (nSPS) is 13.5. The SMILES string of the molecule is COc1ccc(OCC(=O)N2CCN(Cc3ccc(Cl)cc3)CC2)cc1.O=C(O)C(=O)O. The van der Waals surface area contributed by atoms with E-state index in [4.69, 9.17) is 40.9 Å². The van der Waals surface area contributed by atoms with E-state index in [0.717, 1.165) is 43.5 Å². The number of hydrogen-bond donors (Lipinski definition) is 2. The lowest BCUT2D eigenvalue weighted by atomic mass is 10.2. The van der Waals surface area contributed by atoms with E-state index in [2.05, 4.69) is 4.90 Å². The topological polar surface area (TPSA) is 117 Å². The molecule has 1 fully saturated rings. The van der Waals surface area contributed by atoms with E-state index >= 15 is 0 Å². The lowest BCUT2D eigenvalue weighted by Gasteiger charge is -2.34. The second-order valence-corrected chi connectivity index (χ2v) is 7.29. The third kappa shape index (κ3) is 8.44. The molecule has 172 valence electrons. The van der Waals surface area contributed by atoms with E-state index in [1.54, 1.807) is 19.2 Å². The molecule has 0 saturated carbocycles. The Kier molecular flexibility index (Phi) is 9.77. The lowest BCUT2D eigenvalue weighted by molar-refractivity contribution is -0.159. The van der Waals surface area contributed by atoms with Crippen LogP contribution in [-0.2, 0) is 20.9 Å². The molecule has 10 heteroatoms. The molecule has 0 aliphatic carbocycles. The van der Waals surface area contributed by atoms with Crippen LogP contribution < -0.4 is 9.47 Å². The van der Waals surface area contributed by atoms with Crippen LogP contribution >= 0.6 is 11.6 Å². The first-order valence-electron chi connectivity index (χ1n) is 9.76. The largest absolute Gasteiger partial charge is 0.497 e. The van der Waals surface area contributed by atoms with Gasteiger partial charge < -0.3 is 24.6 Å². The summed E-state index contributed by atoms with van der Waals surface area (Å²) < 4.78 is 10.7. The van der Waals surface area contributed by atoms with E-state index in [1.165, 1.54) is 5.56 Å². The van der Waals surface area contributed by atoms with E-state index < -0.39 is 11.9 Å². The van der Waals surface area contributed by atoms with Crippen molar-refractivity contribution in [3.63, 3.8) is 0 Å². The second-order valence-electron chi connectivity index (χ2n) is 6.86. The molecular weight excluding hydrogens is 440 g/mol. The van der Waals surface area contributed by atoms with Gasteiger partial charge in [-0.25, -0.2) is 9.59 Å². The van der Waals surface area contributed by atoms with Gasteiger partial charge in [-0.3, -0.25) is 9.69 Å². The molecule has 3 rings (SSSR count). The van der Waals surface area contributed by atoms with Gasteiger partial charge in [0.15, 0.2) is 6.61 Å². The number of ether oxygens (including phenoxy) is 2. The zero-order valence-electron chi connectivity index (χ0n) is 17.6. The van der Waals surface area contributed by atoms with E-state index in [0.29, 0.717) is 5.75 Å². The molecule has 0 atom stereocenters. The number of amides is 1. The Hall–Kier alpha value is -3.30. The monoisotopic (exact) mass is 464 g/mol. The van der Waals surface area contributed by atoms with Gasteiger partial charge in [-0.1, -0.05) is 23.7 Å². The highest BCUT2D eigenvalue weighted by Crippen LogP contribution is 2.17. The summed E-state index contributed by atoms with van der Waals surface area (Å²) in [7, 11) is 1.62. The zero-order chi connectivity index (χ0) is 23.5. The second kappa shape index (κ2) is 12.5. The standard InChI is InChI=1S/C20H23ClN2O3.C2H2O4/c1-25-18-6-8-19(9-7-18)26-15-20(24)23-12-10-22(11-13-23)14-16-2-4-17(21)5-3-16;3-1(4)2(5)6/h2-9H,10-15H2,1H3;(H,3,4)(H,5,6). The van der Waals surface area contributed by atoms with Crippen LogP contribution in [0.5, 0.6) is 11.5 Å². The van der Waals surface area contributed by atoms with Crippen molar-refractivity contribution in [3.8, 4) is 11.5 Å². The van der Waals surface area contributed by atoms with Crippen molar-refractivity contribution in [2.24, 2.45) is 0 Å². The maximum absolute atomic E-state index is 12.3. The van der Waals surface area contributed by atoms with Gasteiger partial charge in [0.2, 0.25) is 0 Å². The molecule has 1 amide bonds. The van der Waals surface area contributed by atoms with Gasteiger partial charge in [0.05, 0.1) is 7.11 Å². The number of halogens is 1. The van der Waals surface area contributed by atoms with E-state index in [9.17, 15) is 4.79 Å². The Bertz CT molecular complexity index is 884. The smallest absolute Gasteiger partial charge is 0.414 e. The number of hydrogen-bond acceptors (Lipinski definition) is 6. The van der Waals surface area contributed by atoms with Crippen LogP contribution in [0.2, 0.25) is 5.02 Å². The highest BCUT2D eigenvalue weighted by Gasteiger charge is 2.21. The summed E-state index contributed by atoms with van der Waals surface area (Å²) in [6.45, 7) is 4.09. The number of rotatable bonds is 6. The summed E-state index contributed by atoms with van der Waals surface area (Å²) in [5.74, 6) is -2.20. The van der Waals surface area contributed by atoms with Crippen LogP contribution in [0.3, 0.4) is 0 Å². The third-order valence-electron chi connectivity index (χ3n) is 4.65. The van der Waals surface area contributed by atoms with Crippen molar-refractivity contribution in [1.29, 1.82) is 0 Å². The quantitative estimate of drug-likeness (QED) is 0.625. The fourth-order valence-corrected chi connectivity index (χ4v) is 3.04. The molecule has 32 heavy (non-hydrogen) atoms. The van der Waals surface area contributed by atoms with Crippen molar-refractivity contribution < 1.29 is 34.1 Å². The average molecular weight is 465 g/mol. The molecule has 2 N–H and O–H groups in total. The van der Waals surface area contributed by atoms with Crippen LogP contribution in [0.25, 0.3) is 0 Å². The molecular formula is C22H25ClN2O7. The molecule has 9 nitrogen and oxygen atoms in total. The van der Waals surface area contributed by atoms with Crippen LogP contribution in [0.1, 0.15) is 5.56 Å². The van der Waals surface area contributed by atoms with Crippen LogP contribution in [0, 0.1) is 0 Å². The Morgan fingerprint density at radius 3 is 1.91 bits per heavy atom. The van der Waals surface area contributed by atoms with Crippen molar-refractivity contribution >= 4 is 29.4 Å². The molecule has 0 bridgehead atoms. The minimum atomic E-state index is -1.82. The summed E-state index contributed by atoms with van der Waals surface area (Å²) in [5, 5.41) is 15.5. The zero-order valence-corrected chi connectivity index (χ0v) is 18.3. The summed E-state index contributed by atoms with van der Waals surface area (Å²) in [6.07, 6.45) is 0. The van der Waals surface area contributed by atoms with Crippen molar-refractivity contribution in [3.05, 3.63) is 59.1 Å². The molecule has 1 saturated heterocycles. The van der Waals surface area contributed by atoms with Gasteiger partial charge >= 0.3 is 11.9 Å². The molecule has 1 aliphatic heterocycles. The van der Waals surface area contributed by atoms with Crippen LogP contribution in [-0.4, -0.2) is 77.8 Å². The predicted molar refractivity (Wildman–Crippen MR) is 117 cm³/mol.